The van der Waals surface area contributed by atoms with E-state index < -0.39 is 0 Å². The van der Waals surface area contributed by atoms with E-state index in [-0.39, 0.29) is 0 Å². The first-order chi connectivity index (χ1) is 4.84. The number of hydrogen-bond acceptors (Lipinski definition) is 2. The maximum absolute atomic E-state index is 9.21. The molecular formula is C8H14NO. The Kier molecular flexibility index (Phi) is 2.90. The standard InChI is InChI=1S/C8H14NO/c1-2-8(10)9-6-4-3-5-7-9/h2,10H,1,3-7H2. The summed E-state index contributed by atoms with van der Waals surface area (Å²) in [4.78, 5) is 1.97. The van der Waals surface area contributed by atoms with E-state index >= 15 is 0 Å². The normalized spacial score (nSPS) is 21.4. The molecule has 0 bridgehead atoms. The van der Waals surface area contributed by atoms with Crippen LogP contribution >= 0.6 is 0 Å². The van der Waals surface area contributed by atoms with Gasteiger partial charge in [-0.15, -0.1) is 0 Å². The van der Waals surface area contributed by atoms with Gasteiger partial charge < -0.3 is 5.11 Å². The van der Waals surface area contributed by atoms with E-state index in [0.717, 1.165) is 13.1 Å². The Morgan fingerprint density at radius 3 is 2.40 bits per heavy atom. The van der Waals surface area contributed by atoms with Gasteiger partial charge in [-0.3, -0.25) is 4.90 Å². The Labute approximate surface area is 62.2 Å². The molecule has 0 aromatic heterocycles. The highest BCUT2D eigenvalue weighted by atomic mass is 16.3. The van der Waals surface area contributed by atoms with Crippen LogP contribution in [0.3, 0.4) is 0 Å². The molecule has 1 fully saturated rings. The van der Waals surface area contributed by atoms with Gasteiger partial charge in [-0.05, 0) is 18.9 Å². The van der Waals surface area contributed by atoms with E-state index in [0.29, 0.717) is 6.23 Å². The summed E-state index contributed by atoms with van der Waals surface area (Å²) in [6, 6.07) is 0. The summed E-state index contributed by atoms with van der Waals surface area (Å²) in [7, 11) is 0. The van der Waals surface area contributed by atoms with E-state index in [1.54, 1.807) is 0 Å². The molecule has 0 aliphatic carbocycles. The van der Waals surface area contributed by atoms with Crippen molar-refractivity contribution in [1.29, 1.82) is 0 Å². The molecule has 1 aliphatic heterocycles. The highest BCUT2D eigenvalue weighted by Gasteiger charge is 2.15. The Morgan fingerprint density at radius 2 is 1.90 bits per heavy atom. The molecule has 0 spiro atoms. The van der Waals surface area contributed by atoms with E-state index in [2.05, 4.69) is 6.58 Å². The van der Waals surface area contributed by atoms with Crippen LogP contribution in [0.4, 0.5) is 0 Å². The van der Waals surface area contributed by atoms with Gasteiger partial charge in [-0.2, -0.15) is 0 Å². The quantitative estimate of drug-likeness (QED) is 0.628. The van der Waals surface area contributed by atoms with Crippen molar-refractivity contribution in [3.8, 4) is 0 Å². The summed E-state index contributed by atoms with van der Waals surface area (Å²) >= 11 is 0. The van der Waals surface area contributed by atoms with Crippen LogP contribution in [0.1, 0.15) is 19.3 Å². The predicted molar refractivity (Wildman–Crippen MR) is 40.8 cm³/mol. The Hall–Kier alpha value is -0.340. The van der Waals surface area contributed by atoms with E-state index in [9.17, 15) is 5.11 Å². The number of piperidine rings is 1. The fraction of sp³-hybridized carbons (Fsp3) is 0.625. The molecule has 1 radical (unpaired) electrons. The molecule has 1 heterocycles. The maximum Gasteiger partial charge on any atom is 0.184 e. The molecule has 1 rings (SSSR count). The SMILES string of the molecule is C=C[C](O)N1CCCCC1. The van der Waals surface area contributed by atoms with Gasteiger partial charge in [-0.1, -0.05) is 13.0 Å². The monoisotopic (exact) mass is 140 g/mol. The minimum atomic E-state index is 0.333. The second kappa shape index (κ2) is 3.74. The van der Waals surface area contributed by atoms with Gasteiger partial charge in [0.1, 0.15) is 0 Å². The third-order valence-corrected chi connectivity index (χ3v) is 1.86. The number of nitrogens with zero attached hydrogens (tertiary/aromatic N) is 1. The third kappa shape index (κ3) is 1.82. The lowest BCUT2D eigenvalue weighted by Crippen LogP contribution is -2.32. The molecule has 57 valence electrons. The number of likely N-dealkylation sites (tertiary alicyclic amines) is 1. The van der Waals surface area contributed by atoms with E-state index in [4.69, 9.17) is 0 Å². The smallest absolute Gasteiger partial charge is 0.184 e. The molecular weight excluding hydrogens is 126 g/mol. The van der Waals surface area contributed by atoms with Crippen LogP contribution in [0.25, 0.3) is 0 Å². The third-order valence-electron chi connectivity index (χ3n) is 1.86. The fourth-order valence-electron chi connectivity index (χ4n) is 1.25. The van der Waals surface area contributed by atoms with Gasteiger partial charge >= 0.3 is 0 Å². The zero-order valence-electron chi connectivity index (χ0n) is 6.21. The molecule has 0 aromatic carbocycles. The Balaban J connectivity index is 2.30. The van der Waals surface area contributed by atoms with Gasteiger partial charge in [0, 0.05) is 13.1 Å². The maximum atomic E-state index is 9.21. The van der Waals surface area contributed by atoms with Crippen LogP contribution < -0.4 is 0 Å². The van der Waals surface area contributed by atoms with E-state index in [1.165, 1.54) is 25.3 Å². The van der Waals surface area contributed by atoms with Crippen molar-refractivity contribution in [2.45, 2.75) is 19.3 Å². The molecule has 0 atom stereocenters. The molecule has 1 saturated heterocycles. The molecule has 0 amide bonds. The first kappa shape index (κ1) is 7.76. The van der Waals surface area contributed by atoms with Crippen LogP contribution in [0.5, 0.6) is 0 Å². The van der Waals surface area contributed by atoms with Gasteiger partial charge in [0.05, 0.1) is 0 Å². The summed E-state index contributed by atoms with van der Waals surface area (Å²) in [5, 5.41) is 9.21. The van der Waals surface area contributed by atoms with Crippen molar-refractivity contribution >= 4 is 0 Å². The fourth-order valence-corrected chi connectivity index (χ4v) is 1.25. The average Bonchev–Trinajstić information content (AvgIpc) is 2.05. The summed E-state index contributed by atoms with van der Waals surface area (Å²) in [6.07, 6.45) is 5.52. The lowest BCUT2D eigenvalue weighted by atomic mass is 10.1. The first-order valence-corrected chi connectivity index (χ1v) is 3.78. The van der Waals surface area contributed by atoms with Crippen molar-refractivity contribution < 1.29 is 5.11 Å². The van der Waals surface area contributed by atoms with Crippen LogP contribution in [0.15, 0.2) is 12.7 Å². The minimum absolute atomic E-state index is 0.333. The van der Waals surface area contributed by atoms with Crippen molar-refractivity contribution in [3.63, 3.8) is 0 Å². The van der Waals surface area contributed by atoms with E-state index in [1.807, 2.05) is 4.90 Å². The lowest BCUT2D eigenvalue weighted by Gasteiger charge is -2.27. The van der Waals surface area contributed by atoms with Gasteiger partial charge in [0.25, 0.3) is 0 Å². The highest BCUT2D eigenvalue weighted by Crippen LogP contribution is 2.14. The van der Waals surface area contributed by atoms with Gasteiger partial charge in [0.2, 0.25) is 0 Å². The van der Waals surface area contributed by atoms with Crippen molar-refractivity contribution in [1.82, 2.24) is 4.90 Å². The Bertz CT molecular complexity index is 108. The van der Waals surface area contributed by atoms with Crippen LogP contribution in [-0.2, 0) is 0 Å². The van der Waals surface area contributed by atoms with Crippen molar-refractivity contribution in [2.24, 2.45) is 0 Å². The summed E-state index contributed by atoms with van der Waals surface area (Å²) in [6.45, 7) is 5.48. The number of aliphatic hydroxyl groups excluding tert-OH is 1. The second-order valence-electron chi connectivity index (χ2n) is 2.61. The van der Waals surface area contributed by atoms with Gasteiger partial charge in [0.15, 0.2) is 6.23 Å². The molecule has 10 heavy (non-hydrogen) atoms. The average molecular weight is 140 g/mol. The molecule has 1 N–H and O–H groups in total. The van der Waals surface area contributed by atoms with Crippen LogP contribution in [0.2, 0.25) is 0 Å². The van der Waals surface area contributed by atoms with Crippen molar-refractivity contribution in [2.75, 3.05) is 13.1 Å². The molecule has 2 heteroatoms. The van der Waals surface area contributed by atoms with Gasteiger partial charge in [-0.25, -0.2) is 0 Å². The van der Waals surface area contributed by atoms with Crippen LogP contribution in [-0.4, -0.2) is 23.1 Å². The largest absolute Gasteiger partial charge is 0.368 e. The molecule has 1 aliphatic rings. The number of rotatable bonds is 2. The summed E-state index contributed by atoms with van der Waals surface area (Å²) < 4.78 is 0. The summed E-state index contributed by atoms with van der Waals surface area (Å²) in [5.74, 6) is 0. The molecule has 0 unspecified atom stereocenters. The second-order valence-corrected chi connectivity index (χ2v) is 2.61. The lowest BCUT2D eigenvalue weighted by molar-refractivity contribution is 0.119. The van der Waals surface area contributed by atoms with Crippen molar-refractivity contribution in [3.05, 3.63) is 18.9 Å². The zero-order valence-corrected chi connectivity index (χ0v) is 6.21. The number of aliphatic hydroxyl groups is 1. The topological polar surface area (TPSA) is 23.5 Å². The Morgan fingerprint density at radius 1 is 1.30 bits per heavy atom. The highest BCUT2D eigenvalue weighted by molar-refractivity contribution is 4.95. The minimum Gasteiger partial charge on any atom is -0.368 e. The molecule has 0 aromatic rings. The molecule has 0 saturated carbocycles. The predicted octanol–water partition coefficient (Wildman–Crippen LogP) is 1.52. The van der Waals surface area contributed by atoms with Crippen LogP contribution in [0, 0.1) is 6.23 Å². The first-order valence-electron chi connectivity index (χ1n) is 3.78. The molecule has 2 nitrogen and oxygen atoms in total. The number of hydrogen-bond donors (Lipinski definition) is 1. The zero-order chi connectivity index (χ0) is 7.40. The summed E-state index contributed by atoms with van der Waals surface area (Å²) in [5.41, 5.74) is 0.